The molecule has 0 amide bonds. The van der Waals surface area contributed by atoms with Crippen LogP contribution in [0.5, 0.6) is 5.75 Å². The van der Waals surface area contributed by atoms with E-state index in [1.54, 1.807) is 12.1 Å². The lowest BCUT2D eigenvalue weighted by molar-refractivity contribution is -0.0671. The number of aliphatic hydroxyl groups excluding tert-OH is 1. The molecule has 2 aliphatic carbocycles. The Morgan fingerprint density at radius 1 is 1.30 bits per heavy atom. The van der Waals surface area contributed by atoms with Crippen LogP contribution in [0.15, 0.2) is 51.2 Å². The maximum atomic E-state index is 11.5. The van der Waals surface area contributed by atoms with Gasteiger partial charge in [0.1, 0.15) is 11.3 Å². The summed E-state index contributed by atoms with van der Waals surface area (Å²) >= 11 is 0. The van der Waals surface area contributed by atoms with E-state index >= 15 is 0 Å². The molecule has 4 rings (SSSR count). The number of fused-ring (bicyclic) bond motifs is 2. The Labute approximate surface area is 159 Å². The van der Waals surface area contributed by atoms with Gasteiger partial charge in [0.05, 0.1) is 12.7 Å². The summed E-state index contributed by atoms with van der Waals surface area (Å²) in [6.45, 7) is 7.35. The van der Waals surface area contributed by atoms with E-state index in [1.165, 1.54) is 11.6 Å². The van der Waals surface area contributed by atoms with E-state index in [0.717, 1.165) is 30.4 Å². The molecule has 0 spiro atoms. The van der Waals surface area contributed by atoms with Crippen LogP contribution in [0.2, 0.25) is 0 Å². The van der Waals surface area contributed by atoms with E-state index in [1.807, 2.05) is 12.1 Å². The van der Waals surface area contributed by atoms with Gasteiger partial charge in [0.25, 0.3) is 0 Å². The monoisotopic (exact) mass is 368 g/mol. The van der Waals surface area contributed by atoms with E-state index in [9.17, 15) is 9.90 Å². The highest BCUT2D eigenvalue weighted by Crippen LogP contribution is 2.55. The molecule has 1 aromatic heterocycles. The molecular formula is C23H28O4. The fourth-order valence-electron chi connectivity index (χ4n) is 5.30. The second-order valence-corrected chi connectivity index (χ2v) is 8.58. The standard InChI is InChI=1S/C23H28O4/c1-14-4-8-18-15(2)20(24)10-11-23(18,3)19(14)13-26-17-7-5-16-6-9-22(25)27-21(16)12-17/h4-7,9,12,15,18-20,24H,8,10-11,13H2,1-3H3/t15-,18+,19+,20+,23+/m1/s1. The van der Waals surface area contributed by atoms with Crippen LogP contribution in [0, 0.1) is 23.2 Å². The van der Waals surface area contributed by atoms with Gasteiger partial charge in [0.15, 0.2) is 0 Å². The number of hydrogen-bond acceptors (Lipinski definition) is 4. The SMILES string of the molecule is CC1=CC[C@H]2[C@@H](C)[C@@H](O)CC[C@]2(C)[C@H]1COc1ccc2ccc(=O)oc2c1. The van der Waals surface area contributed by atoms with E-state index in [4.69, 9.17) is 9.15 Å². The van der Waals surface area contributed by atoms with Crippen molar-refractivity contribution >= 4 is 11.0 Å². The van der Waals surface area contributed by atoms with Gasteiger partial charge in [-0.3, -0.25) is 0 Å². The Morgan fingerprint density at radius 2 is 2.07 bits per heavy atom. The number of ether oxygens (including phenoxy) is 1. The second kappa shape index (κ2) is 6.83. The van der Waals surface area contributed by atoms with Gasteiger partial charge in [-0.15, -0.1) is 0 Å². The average molecular weight is 368 g/mol. The van der Waals surface area contributed by atoms with Crippen molar-refractivity contribution in [1.82, 2.24) is 0 Å². The molecule has 1 N–H and O–H groups in total. The smallest absolute Gasteiger partial charge is 0.336 e. The zero-order chi connectivity index (χ0) is 19.2. The predicted molar refractivity (Wildman–Crippen MR) is 106 cm³/mol. The largest absolute Gasteiger partial charge is 0.493 e. The Morgan fingerprint density at radius 3 is 2.89 bits per heavy atom. The van der Waals surface area contributed by atoms with Crippen LogP contribution in [-0.4, -0.2) is 17.8 Å². The van der Waals surface area contributed by atoms with Crippen molar-refractivity contribution in [3.05, 3.63) is 52.4 Å². The molecule has 27 heavy (non-hydrogen) atoms. The summed E-state index contributed by atoms with van der Waals surface area (Å²) in [5.74, 6) is 1.84. The van der Waals surface area contributed by atoms with E-state index in [2.05, 4.69) is 26.8 Å². The van der Waals surface area contributed by atoms with Crippen LogP contribution in [0.4, 0.5) is 0 Å². The molecule has 1 aromatic carbocycles. The van der Waals surface area contributed by atoms with Gasteiger partial charge in [0.2, 0.25) is 0 Å². The number of hydrogen-bond donors (Lipinski definition) is 1. The zero-order valence-corrected chi connectivity index (χ0v) is 16.3. The molecule has 4 nitrogen and oxygen atoms in total. The molecule has 0 aliphatic heterocycles. The van der Waals surface area contributed by atoms with Crippen molar-refractivity contribution < 1.29 is 14.3 Å². The number of aliphatic hydroxyl groups is 1. The molecule has 1 heterocycles. The minimum absolute atomic E-state index is 0.140. The van der Waals surface area contributed by atoms with Crippen molar-refractivity contribution in [1.29, 1.82) is 0 Å². The fourth-order valence-corrected chi connectivity index (χ4v) is 5.30. The molecule has 1 saturated carbocycles. The van der Waals surface area contributed by atoms with Crippen molar-refractivity contribution in [2.45, 2.75) is 46.1 Å². The van der Waals surface area contributed by atoms with Crippen molar-refractivity contribution in [2.75, 3.05) is 6.61 Å². The Balaban J connectivity index is 1.57. The normalized spacial score (nSPS) is 33.4. The summed E-state index contributed by atoms with van der Waals surface area (Å²) in [4.78, 5) is 11.5. The maximum Gasteiger partial charge on any atom is 0.336 e. The molecule has 2 aromatic rings. The first-order chi connectivity index (χ1) is 12.9. The molecule has 4 heteroatoms. The van der Waals surface area contributed by atoms with Gasteiger partial charge in [-0.25, -0.2) is 4.79 Å². The lowest BCUT2D eigenvalue weighted by atomic mass is 9.52. The molecule has 0 saturated heterocycles. The van der Waals surface area contributed by atoms with Crippen LogP contribution < -0.4 is 10.4 Å². The summed E-state index contributed by atoms with van der Waals surface area (Å²) in [7, 11) is 0. The minimum Gasteiger partial charge on any atom is -0.493 e. The number of rotatable bonds is 3. The maximum absolute atomic E-state index is 11.5. The van der Waals surface area contributed by atoms with E-state index < -0.39 is 0 Å². The second-order valence-electron chi connectivity index (χ2n) is 8.58. The summed E-state index contributed by atoms with van der Waals surface area (Å²) in [6.07, 6.45) is 5.06. The quantitative estimate of drug-likeness (QED) is 0.638. The van der Waals surface area contributed by atoms with Crippen molar-refractivity contribution in [3.63, 3.8) is 0 Å². The molecule has 144 valence electrons. The Hall–Kier alpha value is -2.07. The third-order valence-electron chi connectivity index (χ3n) is 7.12. The topological polar surface area (TPSA) is 59.7 Å². The highest BCUT2D eigenvalue weighted by molar-refractivity contribution is 5.77. The molecule has 0 bridgehead atoms. The highest BCUT2D eigenvalue weighted by atomic mass is 16.5. The van der Waals surface area contributed by atoms with E-state index in [0.29, 0.717) is 29.9 Å². The molecule has 0 unspecified atom stereocenters. The van der Waals surface area contributed by atoms with Gasteiger partial charge >= 0.3 is 5.63 Å². The molecule has 1 fully saturated rings. The van der Waals surface area contributed by atoms with Crippen LogP contribution >= 0.6 is 0 Å². The number of allylic oxidation sites excluding steroid dienone is 1. The van der Waals surface area contributed by atoms with Crippen LogP contribution in [0.1, 0.15) is 40.0 Å². The lowest BCUT2D eigenvalue weighted by Gasteiger charge is -2.53. The van der Waals surface area contributed by atoms with Gasteiger partial charge in [-0.2, -0.15) is 0 Å². The average Bonchev–Trinajstić information content (AvgIpc) is 2.64. The van der Waals surface area contributed by atoms with Crippen molar-refractivity contribution in [2.24, 2.45) is 23.2 Å². The van der Waals surface area contributed by atoms with Crippen LogP contribution in [0.3, 0.4) is 0 Å². The first kappa shape index (κ1) is 18.3. The summed E-state index contributed by atoms with van der Waals surface area (Å²) < 4.78 is 11.4. The van der Waals surface area contributed by atoms with Crippen molar-refractivity contribution in [3.8, 4) is 5.75 Å². The highest BCUT2D eigenvalue weighted by Gasteiger charge is 2.50. The van der Waals surface area contributed by atoms with Gasteiger partial charge in [0, 0.05) is 23.4 Å². The van der Waals surface area contributed by atoms with E-state index in [-0.39, 0.29) is 17.1 Å². The lowest BCUT2D eigenvalue weighted by Crippen LogP contribution is -2.50. The molecule has 2 aliphatic rings. The van der Waals surface area contributed by atoms with Gasteiger partial charge in [-0.1, -0.05) is 25.5 Å². The summed E-state index contributed by atoms with van der Waals surface area (Å²) in [5, 5.41) is 11.2. The summed E-state index contributed by atoms with van der Waals surface area (Å²) in [6, 6.07) is 8.84. The third kappa shape index (κ3) is 3.20. The Bertz CT molecular complexity index is 927. The molecule has 0 radical (unpaired) electrons. The van der Waals surface area contributed by atoms with Crippen LogP contribution in [-0.2, 0) is 0 Å². The molecular weight excluding hydrogens is 340 g/mol. The first-order valence-electron chi connectivity index (χ1n) is 9.90. The molecule has 5 atom stereocenters. The Kier molecular flexibility index (Phi) is 4.63. The number of benzene rings is 1. The zero-order valence-electron chi connectivity index (χ0n) is 16.3. The van der Waals surface area contributed by atoms with Gasteiger partial charge < -0.3 is 14.3 Å². The first-order valence-corrected chi connectivity index (χ1v) is 9.90. The third-order valence-corrected chi connectivity index (χ3v) is 7.12. The predicted octanol–water partition coefficient (Wildman–Crippen LogP) is 4.55. The van der Waals surface area contributed by atoms with Crippen LogP contribution in [0.25, 0.3) is 11.0 Å². The minimum atomic E-state index is -0.351. The fraction of sp³-hybridized carbons (Fsp3) is 0.522. The summed E-state index contributed by atoms with van der Waals surface area (Å²) in [5.41, 5.74) is 1.72. The van der Waals surface area contributed by atoms with Gasteiger partial charge in [-0.05, 0) is 61.6 Å².